The van der Waals surface area contributed by atoms with Gasteiger partial charge < -0.3 is 10.6 Å². The Morgan fingerprint density at radius 2 is 2.09 bits per heavy atom. The third-order valence-electron chi connectivity index (χ3n) is 4.95. The molecule has 0 radical (unpaired) electrons. The fourth-order valence-electron chi connectivity index (χ4n) is 3.83. The molecule has 0 saturated carbocycles. The number of hydrogen-bond acceptors (Lipinski definition) is 5. The molecule has 0 aromatic carbocycles. The lowest BCUT2D eigenvalue weighted by molar-refractivity contribution is 0.502. The molecular weight excluding hydrogens is 274 g/mol. The van der Waals surface area contributed by atoms with Gasteiger partial charge in [0.25, 0.3) is 0 Å². The smallest absolute Gasteiger partial charge is 0.194 e. The first-order valence-electron chi connectivity index (χ1n) is 8.22. The average Bonchev–Trinajstić information content (AvgIpc) is 2.86. The maximum absolute atomic E-state index is 6.10. The van der Waals surface area contributed by atoms with Crippen molar-refractivity contribution >= 4 is 11.5 Å². The van der Waals surface area contributed by atoms with Gasteiger partial charge >= 0.3 is 0 Å². The second-order valence-electron chi connectivity index (χ2n) is 6.52. The molecule has 0 aromatic rings. The third-order valence-corrected chi connectivity index (χ3v) is 4.95. The fraction of sp³-hybridized carbons (Fsp3) is 0.529. The van der Waals surface area contributed by atoms with Gasteiger partial charge in [-0.1, -0.05) is 24.3 Å². The SMILES string of the molecule is NC1N=C2C(=CCCC3CC=CC=C23)C(N2CC[C@@H](N)C2)=N1. The van der Waals surface area contributed by atoms with Gasteiger partial charge in [-0.3, -0.25) is 5.73 Å². The molecule has 2 aliphatic heterocycles. The number of hydrogen-bond donors (Lipinski definition) is 2. The van der Waals surface area contributed by atoms with E-state index in [-0.39, 0.29) is 6.04 Å². The molecule has 1 fully saturated rings. The van der Waals surface area contributed by atoms with Crippen LogP contribution in [0.3, 0.4) is 0 Å². The number of nitrogens with zero attached hydrogens (tertiary/aromatic N) is 3. The van der Waals surface area contributed by atoms with Gasteiger partial charge in [0, 0.05) is 24.7 Å². The van der Waals surface area contributed by atoms with Crippen LogP contribution in [0, 0.1) is 5.92 Å². The summed E-state index contributed by atoms with van der Waals surface area (Å²) < 4.78 is 0. The summed E-state index contributed by atoms with van der Waals surface area (Å²) in [4.78, 5) is 11.6. The Hall–Kier alpha value is -1.72. The molecule has 5 nitrogen and oxygen atoms in total. The first-order chi connectivity index (χ1) is 10.7. The molecule has 0 spiro atoms. The lowest BCUT2D eigenvalue weighted by atomic mass is 9.85. The first kappa shape index (κ1) is 13.9. The van der Waals surface area contributed by atoms with Crippen LogP contribution in [0.5, 0.6) is 0 Å². The monoisotopic (exact) mass is 297 g/mol. The molecule has 5 heteroatoms. The Balaban J connectivity index is 1.73. The van der Waals surface area contributed by atoms with Crippen molar-refractivity contribution in [2.24, 2.45) is 27.4 Å². The predicted octanol–water partition coefficient (Wildman–Crippen LogP) is 1.34. The largest absolute Gasteiger partial charge is 0.355 e. The van der Waals surface area contributed by atoms with E-state index in [1.807, 2.05) is 0 Å². The van der Waals surface area contributed by atoms with Gasteiger partial charge in [0.15, 0.2) is 6.29 Å². The third kappa shape index (κ3) is 2.34. The average molecular weight is 297 g/mol. The summed E-state index contributed by atoms with van der Waals surface area (Å²) in [6.07, 6.45) is 12.7. The van der Waals surface area contributed by atoms with Gasteiger partial charge in [0.2, 0.25) is 0 Å². The van der Waals surface area contributed by atoms with Crippen LogP contribution < -0.4 is 11.5 Å². The van der Waals surface area contributed by atoms with E-state index in [4.69, 9.17) is 11.5 Å². The van der Waals surface area contributed by atoms with Crippen LogP contribution in [-0.2, 0) is 0 Å². The van der Waals surface area contributed by atoms with E-state index >= 15 is 0 Å². The second kappa shape index (κ2) is 5.48. The number of allylic oxidation sites excluding steroid dienone is 5. The van der Waals surface area contributed by atoms with Gasteiger partial charge in [-0.25, -0.2) is 9.98 Å². The minimum Gasteiger partial charge on any atom is -0.355 e. The van der Waals surface area contributed by atoms with E-state index in [0.29, 0.717) is 5.92 Å². The Morgan fingerprint density at radius 1 is 1.18 bits per heavy atom. The topological polar surface area (TPSA) is 80.0 Å². The van der Waals surface area contributed by atoms with Crippen LogP contribution >= 0.6 is 0 Å². The van der Waals surface area contributed by atoms with E-state index in [0.717, 1.165) is 43.9 Å². The molecule has 2 aliphatic carbocycles. The van der Waals surface area contributed by atoms with Crippen molar-refractivity contribution in [1.82, 2.24) is 4.90 Å². The molecule has 0 amide bonds. The number of fused-ring (bicyclic) bond motifs is 3. The summed E-state index contributed by atoms with van der Waals surface area (Å²) in [5.41, 5.74) is 15.7. The molecule has 3 atom stereocenters. The van der Waals surface area contributed by atoms with Crippen molar-refractivity contribution < 1.29 is 0 Å². The summed E-state index contributed by atoms with van der Waals surface area (Å²) in [5.74, 6) is 1.56. The minimum absolute atomic E-state index is 0.234. The number of rotatable bonds is 0. The van der Waals surface area contributed by atoms with Gasteiger partial charge in [-0.2, -0.15) is 0 Å². The molecule has 1 saturated heterocycles. The quantitative estimate of drug-likeness (QED) is 0.708. The molecule has 0 bridgehead atoms. The lowest BCUT2D eigenvalue weighted by Gasteiger charge is -2.29. The van der Waals surface area contributed by atoms with Crippen molar-refractivity contribution in [2.45, 2.75) is 38.0 Å². The molecule has 2 heterocycles. The summed E-state index contributed by atoms with van der Waals surface area (Å²) in [6, 6.07) is 0.234. The van der Waals surface area contributed by atoms with Crippen LogP contribution in [0.25, 0.3) is 0 Å². The Morgan fingerprint density at radius 3 is 2.91 bits per heavy atom. The number of aliphatic imine (C=N–C) groups is 2. The van der Waals surface area contributed by atoms with Crippen LogP contribution in [0.2, 0.25) is 0 Å². The van der Waals surface area contributed by atoms with Crippen molar-refractivity contribution in [2.75, 3.05) is 13.1 Å². The lowest BCUT2D eigenvalue weighted by Crippen LogP contribution is -2.40. The highest BCUT2D eigenvalue weighted by atomic mass is 15.3. The molecule has 4 N–H and O–H groups in total. The van der Waals surface area contributed by atoms with Crippen molar-refractivity contribution in [1.29, 1.82) is 0 Å². The predicted molar refractivity (Wildman–Crippen MR) is 89.7 cm³/mol. The van der Waals surface area contributed by atoms with Gasteiger partial charge in [-0.05, 0) is 37.2 Å². The zero-order chi connectivity index (χ0) is 15.1. The Kier molecular flexibility index (Phi) is 3.47. The van der Waals surface area contributed by atoms with E-state index in [1.54, 1.807) is 0 Å². The molecule has 4 aliphatic rings. The summed E-state index contributed by atoms with van der Waals surface area (Å²) in [5, 5.41) is 0. The molecule has 2 unspecified atom stereocenters. The van der Waals surface area contributed by atoms with E-state index in [1.165, 1.54) is 17.6 Å². The number of nitrogens with two attached hydrogens (primary N) is 2. The molecule has 116 valence electrons. The zero-order valence-electron chi connectivity index (χ0n) is 12.8. The zero-order valence-corrected chi connectivity index (χ0v) is 12.8. The first-order valence-corrected chi connectivity index (χ1v) is 8.22. The highest BCUT2D eigenvalue weighted by Gasteiger charge is 2.34. The van der Waals surface area contributed by atoms with Crippen LogP contribution in [0.15, 0.2) is 45.4 Å². The highest BCUT2D eigenvalue weighted by Crippen LogP contribution is 2.34. The van der Waals surface area contributed by atoms with Crippen LogP contribution in [0.4, 0.5) is 0 Å². The highest BCUT2D eigenvalue weighted by molar-refractivity contribution is 6.30. The minimum atomic E-state index is -0.496. The van der Waals surface area contributed by atoms with Crippen LogP contribution in [0.1, 0.15) is 25.7 Å². The van der Waals surface area contributed by atoms with Crippen molar-refractivity contribution in [3.63, 3.8) is 0 Å². The number of likely N-dealkylation sites (tertiary alicyclic amines) is 1. The van der Waals surface area contributed by atoms with Crippen molar-refractivity contribution in [3.8, 4) is 0 Å². The summed E-state index contributed by atoms with van der Waals surface area (Å²) >= 11 is 0. The van der Waals surface area contributed by atoms with Crippen LogP contribution in [-0.4, -0.2) is 41.9 Å². The Labute approximate surface area is 131 Å². The van der Waals surface area contributed by atoms with Gasteiger partial charge in [0.05, 0.1) is 5.71 Å². The van der Waals surface area contributed by atoms with E-state index < -0.39 is 6.29 Å². The Bertz CT molecular complexity index is 625. The maximum Gasteiger partial charge on any atom is 0.194 e. The summed E-state index contributed by atoms with van der Waals surface area (Å²) in [6.45, 7) is 1.82. The molecule has 4 rings (SSSR count). The maximum atomic E-state index is 6.10. The standard InChI is InChI=1S/C17H23N5/c18-12-8-9-22(10-12)16-14-7-3-5-11-4-1-2-6-13(11)15(14)20-17(19)21-16/h1-2,6-7,11-12,17H,3-5,8-10,18-19H2/t11?,12-,17?/m1/s1. The molecular formula is C17H23N5. The van der Waals surface area contributed by atoms with E-state index in [9.17, 15) is 0 Å². The molecule has 22 heavy (non-hydrogen) atoms. The van der Waals surface area contributed by atoms with Gasteiger partial charge in [-0.15, -0.1) is 0 Å². The normalized spacial score (nSPS) is 34.1. The van der Waals surface area contributed by atoms with Gasteiger partial charge in [0.1, 0.15) is 5.84 Å². The van der Waals surface area contributed by atoms with E-state index in [2.05, 4.69) is 39.2 Å². The fourth-order valence-corrected chi connectivity index (χ4v) is 3.83. The summed E-state index contributed by atoms with van der Waals surface area (Å²) in [7, 11) is 0. The molecule has 0 aromatic heterocycles. The van der Waals surface area contributed by atoms with Crippen molar-refractivity contribution in [3.05, 3.63) is 35.5 Å². The number of amidine groups is 1. The second-order valence-corrected chi connectivity index (χ2v) is 6.52.